The molecule has 0 radical (unpaired) electrons. The quantitative estimate of drug-likeness (QED) is 0.174. The molecule has 9 heteroatoms. The summed E-state index contributed by atoms with van der Waals surface area (Å²) in [5.41, 5.74) is 0.556. The highest BCUT2D eigenvalue weighted by Gasteiger charge is 2.19. The number of aliphatic hydroxyl groups is 1. The topological polar surface area (TPSA) is 128 Å². The van der Waals surface area contributed by atoms with Crippen molar-refractivity contribution < 1.29 is 29.1 Å². The van der Waals surface area contributed by atoms with Gasteiger partial charge in [0.25, 0.3) is 5.69 Å². The highest BCUT2D eigenvalue weighted by Crippen LogP contribution is 2.20. The van der Waals surface area contributed by atoms with Crippen molar-refractivity contribution in [1.82, 2.24) is 5.32 Å². The van der Waals surface area contributed by atoms with Gasteiger partial charge in [0.05, 0.1) is 24.2 Å². The molecule has 0 fully saturated rings. The van der Waals surface area contributed by atoms with Gasteiger partial charge in [-0.05, 0) is 57.4 Å². The summed E-state index contributed by atoms with van der Waals surface area (Å²) in [5, 5.41) is 24.2. The predicted molar refractivity (Wildman–Crippen MR) is 115 cm³/mol. The van der Waals surface area contributed by atoms with Gasteiger partial charge in [-0.25, -0.2) is 0 Å². The van der Waals surface area contributed by atoms with Gasteiger partial charge in [-0.15, -0.1) is 0 Å². The average Bonchev–Trinajstić information content (AvgIpc) is 2.75. The number of nitrogens with zero attached hydrogens (tertiary/aromatic N) is 1. The molecule has 0 aliphatic rings. The lowest BCUT2D eigenvalue weighted by atomic mass is 10.0. The number of hydrogen-bond acceptors (Lipinski definition) is 8. The summed E-state index contributed by atoms with van der Waals surface area (Å²) in [6.45, 7) is 4.62. The maximum absolute atomic E-state index is 12.2. The van der Waals surface area contributed by atoms with Crippen molar-refractivity contribution in [3.05, 3.63) is 39.9 Å². The van der Waals surface area contributed by atoms with Crippen LogP contribution in [0.1, 0.15) is 70.5 Å². The lowest BCUT2D eigenvalue weighted by molar-refractivity contribution is -0.384. The Morgan fingerprint density at radius 2 is 1.68 bits per heavy atom. The first-order chi connectivity index (χ1) is 14.9. The van der Waals surface area contributed by atoms with Crippen molar-refractivity contribution >= 4 is 17.6 Å². The number of nitro benzene ring substituents is 1. The van der Waals surface area contributed by atoms with Crippen molar-refractivity contribution in [3.8, 4) is 0 Å². The second-order valence-electron chi connectivity index (χ2n) is 7.17. The molecule has 1 rings (SSSR count). The summed E-state index contributed by atoms with van der Waals surface area (Å²) in [4.78, 5) is 33.8. The Bertz CT molecular complexity index is 679. The fourth-order valence-electron chi connectivity index (χ4n) is 3.13. The Morgan fingerprint density at radius 1 is 1.03 bits per heavy atom. The van der Waals surface area contributed by atoms with E-state index in [1.54, 1.807) is 13.8 Å². The molecule has 2 unspecified atom stereocenters. The van der Waals surface area contributed by atoms with E-state index in [4.69, 9.17) is 9.47 Å². The number of nitrogens with one attached hydrogen (secondary N) is 1. The number of ether oxygens (including phenoxy) is 2. The van der Waals surface area contributed by atoms with E-state index in [9.17, 15) is 24.8 Å². The van der Waals surface area contributed by atoms with Gasteiger partial charge < -0.3 is 19.9 Å². The first-order valence-electron chi connectivity index (χ1n) is 10.9. The number of nitro groups is 1. The second kappa shape index (κ2) is 15.3. The van der Waals surface area contributed by atoms with Gasteiger partial charge >= 0.3 is 11.9 Å². The van der Waals surface area contributed by atoms with E-state index in [2.05, 4.69) is 5.32 Å². The first kappa shape index (κ1) is 26.5. The molecule has 1 aromatic carbocycles. The minimum absolute atomic E-state index is 0.0290. The lowest BCUT2D eigenvalue weighted by Gasteiger charge is -2.18. The van der Waals surface area contributed by atoms with Crippen LogP contribution in [0.4, 0.5) is 5.69 Å². The molecule has 1 aromatic rings. The van der Waals surface area contributed by atoms with E-state index >= 15 is 0 Å². The van der Waals surface area contributed by atoms with Gasteiger partial charge in [0.2, 0.25) is 0 Å². The third-order valence-corrected chi connectivity index (χ3v) is 4.80. The summed E-state index contributed by atoms with van der Waals surface area (Å²) in [6, 6.07) is 5.31. The predicted octanol–water partition coefficient (Wildman–Crippen LogP) is 3.44. The van der Waals surface area contributed by atoms with E-state index in [1.165, 1.54) is 24.3 Å². The molecule has 0 spiro atoms. The summed E-state index contributed by atoms with van der Waals surface area (Å²) in [7, 11) is 0. The maximum Gasteiger partial charge on any atom is 0.323 e. The number of non-ortho nitro benzene ring substituents is 1. The SMILES string of the molecule is CCOC(=O)CCCCCCC(NCCC(O)c1ccc([N+](=O)[O-])cc1)C(=O)OCC. The van der Waals surface area contributed by atoms with Crippen molar-refractivity contribution in [3.63, 3.8) is 0 Å². The zero-order valence-electron chi connectivity index (χ0n) is 18.4. The number of aliphatic hydroxyl groups excluding tert-OH is 1. The van der Waals surface area contributed by atoms with Crippen LogP contribution in [0, 0.1) is 10.1 Å². The van der Waals surface area contributed by atoms with Crippen LogP contribution < -0.4 is 5.32 Å². The van der Waals surface area contributed by atoms with Crippen LogP contribution in [-0.4, -0.2) is 47.8 Å². The molecule has 2 N–H and O–H groups in total. The van der Waals surface area contributed by atoms with E-state index in [1.807, 2.05) is 0 Å². The number of unbranched alkanes of at least 4 members (excludes halogenated alkanes) is 3. The summed E-state index contributed by atoms with van der Waals surface area (Å²) >= 11 is 0. The molecule has 0 aliphatic carbocycles. The molecule has 0 aromatic heterocycles. The van der Waals surface area contributed by atoms with E-state index in [0.717, 1.165) is 25.7 Å². The Labute approximate surface area is 183 Å². The standard InChI is InChI=1S/C22H34N2O7/c1-3-30-21(26)10-8-6-5-7-9-19(22(27)31-4-2)23-16-15-20(25)17-11-13-18(14-12-17)24(28)29/h11-14,19-20,23,25H,3-10,15-16H2,1-2H3. The lowest BCUT2D eigenvalue weighted by Crippen LogP contribution is -2.39. The van der Waals surface area contributed by atoms with Crippen LogP contribution in [0.3, 0.4) is 0 Å². The van der Waals surface area contributed by atoms with Gasteiger partial charge in [-0.3, -0.25) is 19.7 Å². The van der Waals surface area contributed by atoms with Crippen molar-refractivity contribution in [2.24, 2.45) is 0 Å². The van der Waals surface area contributed by atoms with Crippen LogP contribution in [0.15, 0.2) is 24.3 Å². The van der Waals surface area contributed by atoms with Gasteiger partial charge in [0.1, 0.15) is 6.04 Å². The Kier molecular flexibility index (Phi) is 13.1. The first-order valence-corrected chi connectivity index (χ1v) is 10.9. The minimum atomic E-state index is -0.793. The van der Waals surface area contributed by atoms with Crippen LogP contribution in [-0.2, 0) is 19.1 Å². The molecule has 2 atom stereocenters. The summed E-state index contributed by atoms with van der Waals surface area (Å²) < 4.78 is 10.0. The van der Waals surface area contributed by atoms with Gasteiger partial charge in [0.15, 0.2) is 0 Å². The molecule has 0 bridgehead atoms. The largest absolute Gasteiger partial charge is 0.466 e. The van der Waals surface area contributed by atoms with Crippen LogP contribution in [0.25, 0.3) is 0 Å². The highest BCUT2D eigenvalue weighted by atomic mass is 16.6. The Hall–Kier alpha value is -2.52. The monoisotopic (exact) mass is 438 g/mol. The normalized spacial score (nSPS) is 12.7. The fraction of sp³-hybridized carbons (Fsp3) is 0.636. The third kappa shape index (κ3) is 10.9. The Morgan fingerprint density at radius 3 is 2.29 bits per heavy atom. The van der Waals surface area contributed by atoms with E-state index in [0.29, 0.717) is 44.6 Å². The highest BCUT2D eigenvalue weighted by molar-refractivity contribution is 5.75. The minimum Gasteiger partial charge on any atom is -0.466 e. The van der Waals surface area contributed by atoms with Crippen molar-refractivity contribution in [2.45, 2.75) is 70.9 Å². The number of benzene rings is 1. The molecule has 9 nitrogen and oxygen atoms in total. The number of esters is 2. The van der Waals surface area contributed by atoms with E-state index < -0.39 is 17.1 Å². The maximum atomic E-state index is 12.2. The van der Waals surface area contributed by atoms with E-state index in [-0.39, 0.29) is 17.6 Å². The molecule has 0 heterocycles. The zero-order valence-corrected chi connectivity index (χ0v) is 18.4. The fourth-order valence-corrected chi connectivity index (χ4v) is 3.13. The number of carbonyl (C=O) groups is 2. The van der Waals surface area contributed by atoms with Gasteiger partial charge in [-0.2, -0.15) is 0 Å². The average molecular weight is 439 g/mol. The third-order valence-electron chi connectivity index (χ3n) is 4.80. The number of rotatable bonds is 16. The summed E-state index contributed by atoms with van der Waals surface area (Å²) in [5.74, 6) is -0.501. The van der Waals surface area contributed by atoms with Crippen LogP contribution >= 0.6 is 0 Å². The van der Waals surface area contributed by atoms with Crippen molar-refractivity contribution in [1.29, 1.82) is 0 Å². The van der Waals surface area contributed by atoms with Gasteiger partial charge in [-0.1, -0.05) is 19.3 Å². The molecule has 31 heavy (non-hydrogen) atoms. The number of hydrogen-bond donors (Lipinski definition) is 2. The number of carbonyl (C=O) groups excluding carboxylic acids is 2. The Balaban J connectivity index is 2.39. The van der Waals surface area contributed by atoms with Crippen LogP contribution in [0.2, 0.25) is 0 Å². The smallest absolute Gasteiger partial charge is 0.323 e. The summed E-state index contributed by atoms with van der Waals surface area (Å²) in [6.07, 6.45) is 3.92. The van der Waals surface area contributed by atoms with Crippen LogP contribution in [0.5, 0.6) is 0 Å². The zero-order chi connectivity index (χ0) is 23.1. The molecule has 0 saturated carbocycles. The van der Waals surface area contributed by atoms with Gasteiger partial charge in [0, 0.05) is 18.6 Å². The second-order valence-corrected chi connectivity index (χ2v) is 7.17. The molecular formula is C22H34N2O7. The molecule has 0 saturated heterocycles. The molecular weight excluding hydrogens is 404 g/mol. The van der Waals surface area contributed by atoms with Crippen molar-refractivity contribution in [2.75, 3.05) is 19.8 Å². The molecule has 0 amide bonds. The molecule has 0 aliphatic heterocycles. The molecule has 174 valence electrons.